The summed E-state index contributed by atoms with van der Waals surface area (Å²) in [6.45, 7) is 7.47. The van der Waals surface area contributed by atoms with Crippen molar-refractivity contribution < 1.29 is 5.11 Å². The van der Waals surface area contributed by atoms with Gasteiger partial charge in [0.25, 0.3) is 0 Å². The summed E-state index contributed by atoms with van der Waals surface area (Å²) in [6.07, 6.45) is 1.76. The SMILES string of the molecule is CCN(CCO)c1nc(C)cnc1C. The van der Waals surface area contributed by atoms with Crippen molar-refractivity contribution in [2.24, 2.45) is 0 Å². The van der Waals surface area contributed by atoms with Crippen molar-refractivity contribution in [1.29, 1.82) is 0 Å². The van der Waals surface area contributed by atoms with Crippen molar-refractivity contribution in [2.75, 3.05) is 24.6 Å². The Bertz CT molecular complexity index is 301. The van der Waals surface area contributed by atoms with Gasteiger partial charge in [0.15, 0.2) is 0 Å². The van der Waals surface area contributed by atoms with Crippen LogP contribution in [0.25, 0.3) is 0 Å². The van der Waals surface area contributed by atoms with E-state index in [1.807, 2.05) is 25.7 Å². The number of hydrogen-bond acceptors (Lipinski definition) is 4. The molecular formula is C10H17N3O. The number of likely N-dealkylation sites (N-methyl/N-ethyl adjacent to an activating group) is 1. The number of aromatic nitrogens is 2. The topological polar surface area (TPSA) is 49.2 Å². The van der Waals surface area contributed by atoms with E-state index in [0.29, 0.717) is 6.54 Å². The number of hydrogen-bond donors (Lipinski definition) is 1. The Morgan fingerprint density at radius 3 is 2.71 bits per heavy atom. The number of aliphatic hydroxyl groups is 1. The summed E-state index contributed by atoms with van der Waals surface area (Å²) >= 11 is 0. The summed E-state index contributed by atoms with van der Waals surface area (Å²) < 4.78 is 0. The van der Waals surface area contributed by atoms with Crippen LogP contribution in [0.2, 0.25) is 0 Å². The lowest BCUT2D eigenvalue weighted by atomic mass is 10.3. The molecule has 0 atom stereocenters. The largest absolute Gasteiger partial charge is 0.395 e. The van der Waals surface area contributed by atoms with E-state index in [-0.39, 0.29) is 6.61 Å². The molecule has 0 saturated carbocycles. The van der Waals surface area contributed by atoms with Crippen LogP contribution in [0.4, 0.5) is 5.82 Å². The smallest absolute Gasteiger partial charge is 0.150 e. The van der Waals surface area contributed by atoms with Gasteiger partial charge in [-0.05, 0) is 20.8 Å². The summed E-state index contributed by atoms with van der Waals surface area (Å²) in [5, 5.41) is 8.90. The molecule has 1 rings (SSSR count). The van der Waals surface area contributed by atoms with Gasteiger partial charge in [-0.1, -0.05) is 0 Å². The first-order valence-corrected chi connectivity index (χ1v) is 4.85. The van der Waals surface area contributed by atoms with E-state index in [1.54, 1.807) is 6.20 Å². The molecule has 14 heavy (non-hydrogen) atoms. The molecule has 0 saturated heterocycles. The molecule has 4 nitrogen and oxygen atoms in total. The van der Waals surface area contributed by atoms with Gasteiger partial charge in [0.05, 0.1) is 18.0 Å². The highest BCUT2D eigenvalue weighted by atomic mass is 16.3. The van der Waals surface area contributed by atoms with Crippen LogP contribution in [-0.2, 0) is 0 Å². The Morgan fingerprint density at radius 2 is 2.14 bits per heavy atom. The van der Waals surface area contributed by atoms with Gasteiger partial charge in [-0.25, -0.2) is 4.98 Å². The van der Waals surface area contributed by atoms with Gasteiger partial charge in [-0.2, -0.15) is 0 Å². The molecule has 0 spiro atoms. The van der Waals surface area contributed by atoms with Crippen molar-refractivity contribution >= 4 is 5.82 Å². The van der Waals surface area contributed by atoms with Crippen LogP contribution >= 0.6 is 0 Å². The van der Waals surface area contributed by atoms with Crippen molar-refractivity contribution in [1.82, 2.24) is 9.97 Å². The van der Waals surface area contributed by atoms with E-state index in [1.165, 1.54) is 0 Å². The molecular weight excluding hydrogens is 178 g/mol. The average Bonchev–Trinajstić information content (AvgIpc) is 2.18. The van der Waals surface area contributed by atoms with Crippen molar-refractivity contribution in [3.63, 3.8) is 0 Å². The maximum absolute atomic E-state index is 8.90. The molecule has 0 aliphatic carbocycles. The van der Waals surface area contributed by atoms with Crippen molar-refractivity contribution in [2.45, 2.75) is 20.8 Å². The van der Waals surface area contributed by atoms with Crippen molar-refractivity contribution in [3.05, 3.63) is 17.6 Å². The Balaban J connectivity index is 2.96. The predicted molar refractivity (Wildman–Crippen MR) is 56.5 cm³/mol. The molecule has 0 radical (unpaired) electrons. The standard InChI is InChI=1S/C10H17N3O/c1-4-13(5-6-14)10-9(3)11-7-8(2)12-10/h7,14H,4-6H2,1-3H3. The minimum absolute atomic E-state index is 0.142. The summed E-state index contributed by atoms with van der Waals surface area (Å²) in [7, 11) is 0. The normalized spacial score (nSPS) is 10.3. The Morgan fingerprint density at radius 1 is 1.43 bits per heavy atom. The molecule has 0 bridgehead atoms. The van der Waals surface area contributed by atoms with Crippen molar-refractivity contribution in [3.8, 4) is 0 Å². The molecule has 0 unspecified atom stereocenters. The fourth-order valence-corrected chi connectivity index (χ4v) is 1.36. The Hall–Kier alpha value is -1.16. The zero-order valence-electron chi connectivity index (χ0n) is 8.99. The van der Waals surface area contributed by atoms with Crippen LogP contribution in [-0.4, -0.2) is 34.8 Å². The van der Waals surface area contributed by atoms with Gasteiger partial charge in [-0.3, -0.25) is 4.98 Å². The van der Waals surface area contributed by atoms with E-state index in [9.17, 15) is 0 Å². The monoisotopic (exact) mass is 195 g/mol. The average molecular weight is 195 g/mol. The highest BCUT2D eigenvalue weighted by Crippen LogP contribution is 2.14. The zero-order valence-corrected chi connectivity index (χ0v) is 8.99. The summed E-state index contributed by atoms with van der Waals surface area (Å²) in [5.41, 5.74) is 1.81. The fraction of sp³-hybridized carbons (Fsp3) is 0.600. The first-order chi connectivity index (χ1) is 6.69. The number of aryl methyl sites for hydroxylation is 2. The van der Waals surface area contributed by atoms with Crippen LogP contribution in [0.1, 0.15) is 18.3 Å². The number of aliphatic hydroxyl groups excluding tert-OH is 1. The van der Waals surface area contributed by atoms with Gasteiger partial charge in [0.2, 0.25) is 0 Å². The molecule has 0 fully saturated rings. The highest BCUT2D eigenvalue weighted by Gasteiger charge is 2.09. The Kier molecular flexibility index (Phi) is 3.83. The second-order valence-corrected chi connectivity index (χ2v) is 3.22. The Labute approximate surface area is 84.6 Å². The maximum Gasteiger partial charge on any atom is 0.150 e. The fourth-order valence-electron chi connectivity index (χ4n) is 1.36. The van der Waals surface area contributed by atoms with E-state index < -0.39 is 0 Å². The third-order valence-electron chi connectivity index (χ3n) is 2.10. The number of anilines is 1. The first kappa shape index (κ1) is 10.9. The van der Waals surface area contributed by atoms with Gasteiger partial charge in [0.1, 0.15) is 5.82 Å². The molecule has 0 aliphatic heterocycles. The maximum atomic E-state index is 8.90. The quantitative estimate of drug-likeness (QED) is 0.776. The summed E-state index contributed by atoms with van der Waals surface area (Å²) in [6, 6.07) is 0. The van der Waals surface area contributed by atoms with Crippen LogP contribution in [0.5, 0.6) is 0 Å². The molecule has 1 aromatic heterocycles. The van der Waals surface area contributed by atoms with Crippen LogP contribution in [0.3, 0.4) is 0 Å². The third-order valence-corrected chi connectivity index (χ3v) is 2.10. The minimum atomic E-state index is 0.142. The third kappa shape index (κ3) is 2.42. The molecule has 1 aromatic rings. The highest BCUT2D eigenvalue weighted by molar-refractivity contribution is 5.42. The van der Waals surface area contributed by atoms with E-state index in [0.717, 1.165) is 23.8 Å². The van der Waals surface area contributed by atoms with Gasteiger partial charge in [-0.15, -0.1) is 0 Å². The minimum Gasteiger partial charge on any atom is -0.395 e. The van der Waals surface area contributed by atoms with Crippen LogP contribution in [0.15, 0.2) is 6.20 Å². The summed E-state index contributed by atoms with van der Waals surface area (Å²) in [5.74, 6) is 0.876. The predicted octanol–water partition coefficient (Wildman–Crippen LogP) is 0.912. The van der Waals surface area contributed by atoms with Gasteiger partial charge in [0, 0.05) is 19.3 Å². The molecule has 1 N–H and O–H groups in total. The van der Waals surface area contributed by atoms with E-state index in [2.05, 4.69) is 9.97 Å². The summed E-state index contributed by atoms with van der Waals surface area (Å²) in [4.78, 5) is 10.7. The molecule has 4 heteroatoms. The lowest BCUT2D eigenvalue weighted by Crippen LogP contribution is -2.28. The molecule has 0 amide bonds. The number of rotatable bonds is 4. The second kappa shape index (κ2) is 4.91. The van der Waals surface area contributed by atoms with E-state index in [4.69, 9.17) is 5.11 Å². The molecule has 0 aromatic carbocycles. The first-order valence-electron chi connectivity index (χ1n) is 4.85. The zero-order chi connectivity index (χ0) is 10.6. The lowest BCUT2D eigenvalue weighted by molar-refractivity contribution is 0.302. The molecule has 1 heterocycles. The van der Waals surface area contributed by atoms with Crippen LogP contribution in [0, 0.1) is 13.8 Å². The van der Waals surface area contributed by atoms with Crippen LogP contribution < -0.4 is 4.90 Å². The molecule has 0 aliphatic rings. The van der Waals surface area contributed by atoms with E-state index >= 15 is 0 Å². The van der Waals surface area contributed by atoms with Gasteiger partial charge < -0.3 is 10.0 Å². The number of nitrogens with zero attached hydrogens (tertiary/aromatic N) is 3. The van der Waals surface area contributed by atoms with Gasteiger partial charge >= 0.3 is 0 Å². The molecule has 78 valence electrons. The lowest BCUT2D eigenvalue weighted by Gasteiger charge is -2.22. The second-order valence-electron chi connectivity index (χ2n) is 3.22.